The van der Waals surface area contributed by atoms with Gasteiger partial charge in [-0.25, -0.2) is 0 Å². The van der Waals surface area contributed by atoms with E-state index in [1.54, 1.807) is 25.6 Å². The number of fused-ring (bicyclic) bond motifs is 1. The number of hydrogen-bond acceptors (Lipinski definition) is 6. The molecule has 0 unspecified atom stereocenters. The summed E-state index contributed by atoms with van der Waals surface area (Å²) in [4.78, 5) is 22.9. The molecule has 0 spiro atoms. The van der Waals surface area contributed by atoms with Crippen LogP contribution in [0.1, 0.15) is 21.6 Å². The van der Waals surface area contributed by atoms with E-state index in [1.165, 1.54) is 0 Å². The highest BCUT2D eigenvalue weighted by Crippen LogP contribution is 2.41. The number of amides is 1. The van der Waals surface area contributed by atoms with Crippen LogP contribution < -0.4 is 15.4 Å². The van der Waals surface area contributed by atoms with Crippen molar-refractivity contribution in [3.63, 3.8) is 0 Å². The number of para-hydroxylation sites is 1. The number of likely N-dealkylation sites (N-methyl/N-ethyl adjacent to an activating group) is 1. The third-order valence-electron chi connectivity index (χ3n) is 6.12. The molecule has 2 aromatic heterocycles. The van der Waals surface area contributed by atoms with E-state index in [1.807, 2.05) is 18.2 Å². The molecule has 0 radical (unpaired) electrons. The molecule has 8 nitrogen and oxygen atoms in total. The molecule has 0 saturated carbocycles. The fourth-order valence-electron chi connectivity index (χ4n) is 4.39. The minimum absolute atomic E-state index is 0.141. The quantitative estimate of drug-likeness (QED) is 0.484. The highest BCUT2D eigenvalue weighted by molar-refractivity contribution is 6.32. The van der Waals surface area contributed by atoms with Gasteiger partial charge in [0.25, 0.3) is 5.91 Å². The summed E-state index contributed by atoms with van der Waals surface area (Å²) >= 11 is 6.36. The number of hydrogen-bond donors (Lipinski definition) is 3. The molecule has 9 heteroatoms. The van der Waals surface area contributed by atoms with E-state index < -0.39 is 0 Å². The van der Waals surface area contributed by atoms with Gasteiger partial charge in [-0.15, -0.1) is 0 Å². The number of anilines is 2. The molecule has 180 valence electrons. The minimum atomic E-state index is -0.169. The van der Waals surface area contributed by atoms with Gasteiger partial charge < -0.3 is 30.0 Å². The summed E-state index contributed by atoms with van der Waals surface area (Å²) < 4.78 is 11.3. The van der Waals surface area contributed by atoms with Crippen LogP contribution in [0.15, 0.2) is 36.7 Å². The molecule has 4 heterocycles. The predicted molar refractivity (Wildman–Crippen MR) is 135 cm³/mol. The van der Waals surface area contributed by atoms with E-state index in [-0.39, 0.29) is 12.0 Å². The van der Waals surface area contributed by atoms with Crippen molar-refractivity contribution < 1.29 is 14.3 Å². The molecular formula is C26H26ClN5O3. The zero-order valence-corrected chi connectivity index (χ0v) is 20.3. The topological polar surface area (TPSA) is 91.5 Å². The van der Waals surface area contributed by atoms with Gasteiger partial charge in [0, 0.05) is 49.7 Å². The van der Waals surface area contributed by atoms with Gasteiger partial charge in [0.1, 0.15) is 6.10 Å². The Balaban J connectivity index is 1.61. The number of carbonyl (C=O) groups is 1. The van der Waals surface area contributed by atoms with Gasteiger partial charge in [0.15, 0.2) is 5.75 Å². The third kappa shape index (κ3) is 4.71. The lowest BCUT2D eigenvalue weighted by Gasteiger charge is -2.26. The molecule has 2 aliphatic rings. The van der Waals surface area contributed by atoms with Gasteiger partial charge in [-0.3, -0.25) is 9.78 Å². The number of aromatic amines is 1. The molecule has 0 bridgehead atoms. The number of nitrogens with zero attached hydrogens (tertiary/aromatic N) is 2. The van der Waals surface area contributed by atoms with Crippen LogP contribution in [0, 0.1) is 11.8 Å². The molecule has 3 aromatic rings. The fourth-order valence-corrected chi connectivity index (χ4v) is 4.64. The molecule has 0 aliphatic carbocycles. The number of pyridine rings is 1. The van der Waals surface area contributed by atoms with Crippen molar-refractivity contribution in [1.82, 2.24) is 20.2 Å². The number of carbonyl (C=O) groups excluding carboxylic acids is 1. The number of halogens is 1. The Bertz CT molecular complexity index is 1330. The Hall–Kier alpha value is -3.51. The number of H-pyrrole nitrogens is 1. The van der Waals surface area contributed by atoms with Crippen LogP contribution in [-0.2, 0) is 11.2 Å². The monoisotopic (exact) mass is 491 g/mol. The van der Waals surface area contributed by atoms with Gasteiger partial charge in [-0.1, -0.05) is 29.5 Å². The van der Waals surface area contributed by atoms with Crippen molar-refractivity contribution >= 4 is 28.9 Å². The first-order valence-corrected chi connectivity index (χ1v) is 11.8. The smallest absolute Gasteiger partial charge is 0.255 e. The molecule has 1 atom stereocenters. The van der Waals surface area contributed by atoms with E-state index in [2.05, 4.69) is 44.4 Å². The van der Waals surface area contributed by atoms with Crippen molar-refractivity contribution in [2.45, 2.75) is 12.5 Å². The van der Waals surface area contributed by atoms with Gasteiger partial charge >= 0.3 is 0 Å². The summed E-state index contributed by atoms with van der Waals surface area (Å²) in [7, 11) is 3.62. The van der Waals surface area contributed by atoms with Crippen LogP contribution in [0.4, 0.5) is 11.4 Å². The largest absolute Gasteiger partial charge is 0.493 e. The predicted octanol–water partition coefficient (Wildman–Crippen LogP) is 3.45. The highest BCUT2D eigenvalue weighted by atomic mass is 35.5. The highest BCUT2D eigenvalue weighted by Gasteiger charge is 2.28. The summed E-state index contributed by atoms with van der Waals surface area (Å²) in [6.45, 7) is 2.88. The van der Waals surface area contributed by atoms with Gasteiger partial charge in [0.2, 0.25) is 0 Å². The summed E-state index contributed by atoms with van der Waals surface area (Å²) in [5.74, 6) is 6.86. The number of ether oxygens (including phenoxy) is 2. The molecule has 35 heavy (non-hydrogen) atoms. The van der Waals surface area contributed by atoms with Crippen molar-refractivity contribution in [2.75, 3.05) is 45.7 Å². The van der Waals surface area contributed by atoms with Crippen molar-refractivity contribution in [1.29, 1.82) is 0 Å². The molecule has 5 rings (SSSR count). The summed E-state index contributed by atoms with van der Waals surface area (Å²) in [5.41, 5.74) is 5.05. The second-order valence-corrected chi connectivity index (χ2v) is 8.90. The normalized spacial score (nSPS) is 17.7. The van der Waals surface area contributed by atoms with Crippen LogP contribution >= 0.6 is 11.6 Å². The molecule has 1 amide bonds. The van der Waals surface area contributed by atoms with Crippen LogP contribution in [0.25, 0.3) is 11.3 Å². The van der Waals surface area contributed by atoms with Gasteiger partial charge in [0.05, 0.1) is 46.9 Å². The van der Waals surface area contributed by atoms with Crippen LogP contribution in [0.5, 0.6) is 5.75 Å². The van der Waals surface area contributed by atoms with E-state index in [4.69, 9.17) is 21.1 Å². The van der Waals surface area contributed by atoms with Crippen molar-refractivity contribution in [2.24, 2.45) is 0 Å². The van der Waals surface area contributed by atoms with E-state index in [0.29, 0.717) is 47.3 Å². The zero-order valence-electron chi connectivity index (χ0n) is 19.6. The van der Waals surface area contributed by atoms with Gasteiger partial charge in [-0.05, 0) is 25.2 Å². The second kappa shape index (κ2) is 10.0. The zero-order chi connectivity index (χ0) is 24.4. The van der Waals surface area contributed by atoms with Gasteiger partial charge in [-0.2, -0.15) is 0 Å². The maximum absolute atomic E-state index is 12.9. The summed E-state index contributed by atoms with van der Waals surface area (Å²) in [6.07, 6.45) is 3.97. The van der Waals surface area contributed by atoms with Crippen molar-refractivity contribution in [3.05, 3.63) is 58.5 Å². The Morgan fingerprint density at radius 1 is 1.34 bits per heavy atom. The number of rotatable bonds is 4. The standard InChI is InChI=1S/C26H26ClN5O3/c1-32-12-13-35-17(15-32)7-6-16-14-28-10-8-18(16)23-24(22-20(30-23)9-11-29-26(22)33)31-21-5-3-4-19(27)25(21)34-2/h3-5,8,10,14,17,30-31H,9,11-13,15H2,1-2H3,(H,29,33)/t17-/m1/s1. The Morgan fingerprint density at radius 2 is 2.23 bits per heavy atom. The molecular weight excluding hydrogens is 466 g/mol. The second-order valence-electron chi connectivity index (χ2n) is 8.49. The Morgan fingerprint density at radius 3 is 3.06 bits per heavy atom. The summed E-state index contributed by atoms with van der Waals surface area (Å²) in [5, 5.41) is 6.82. The van der Waals surface area contributed by atoms with Crippen LogP contribution in [-0.4, -0.2) is 67.3 Å². The SMILES string of the molecule is COc1c(Cl)cccc1Nc1c(-c2ccncc2C#C[C@@H]2CN(C)CCO2)[nH]c2c1C(=O)NCC2. The van der Waals surface area contributed by atoms with E-state index >= 15 is 0 Å². The molecule has 1 aromatic carbocycles. The average molecular weight is 492 g/mol. The first-order chi connectivity index (χ1) is 17.0. The first kappa shape index (κ1) is 23.2. The number of morpholine rings is 1. The first-order valence-electron chi connectivity index (χ1n) is 11.4. The lowest BCUT2D eigenvalue weighted by atomic mass is 10.0. The molecule has 1 saturated heterocycles. The molecule has 1 fully saturated rings. The molecule has 2 aliphatic heterocycles. The number of methoxy groups -OCH3 is 1. The lowest BCUT2D eigenvalue weighted by Crippen LogP contribution is -2.39. The number of aromatic nitrogens is 2. The Kier molecular flexibility index (Phi) is 6.64. The van der Waals surface area contributed by atoms with Crippen molar-refractivity contribution in [3.8, 4) is 28.8 Å². The third-order valence-corrected chi connectivity index (χ3v) is 6.42. The summed E-state index contributed by atoms with van der Waals surface area (Å²) in [6, 6.07) is 7.34. The molecule has 3 N–H and O–H groups in total. The lowest BCUT2D eigenvalue weighted by molar-refractivity contribution is 0.0121. The maximum atomic E-state index is 12.9. The van der Waals surface area contributed by atoms with E-state index in [0.717, 1.165) is 35.6 Å². The Labute approximate surface area is 209 Å². The maximum Gasteiger partial charge on any atom is 0.255 e. The minimum Gasteiger partial charge on any atom is -0.493 e. The average Bonchev–Trinajstić information content (AvgIpc) is 3.22. The fraction of sp³-hybridized carbons (Fsp3) is 0.308. The van der Waals surface area contributed by atoms with Crippen LogP contribution in [0.3, 0.4) is 0 Å². The van der Waals surface area contributed by atoms with E-state index in [9.17, 15) is 4.79 Å². The number of nitrogens with one attached hydrogen (secondary N) is 3. The van der Waals surface area contributed by atoms with Crippen LogP contribution in [0.2, 0.25) is 5.02 Å². The number of benzene rings is 1.